The fraction of sp³-hybridized carbons (Fsp3) is 0. The van der Waals surface area contributed by atoms with Crippen LogP contribution in [0.1, 0.15) is 0 Å². The van der Waals surface area contributed by atoms with Crippen molar-refractivity contribution in [1.82, 2.24) is 0 Å². The van der Waals surface area contributed by atoms with Crippen molar-refractivity contribution >= 4 is 18.5 Å². The summed E-state index contributed by atoms with van der Waals surface area (Å²) in [4.78, 5) is 25.0. The molecule has 0 amide bonds. The van der Waals surface area contributed by atoms with E-state index in [2.05, 4.69) is 0 Å². The Hall–Kier alpha value is 3.16. The Labute approximate surface area is 246 Å². The molecule has 20 heavy (non-hydrogen) atoms. The second-order valence-corrected chi connectivity index (χ2v) is 0.750. The Morgan fingerprint density at radius 2 is 0.450 bits per heavy atom. The predicted octanol–water partition coefficient (Wildman–Crippen LogP) is -8.52. The van der Waals surface area contributed by atoms with Crippen LogP contribution in [0.2, 0.25) is 0 Å². The third-order valence-electron chi connectivity index (χ3n) is 0. The van der Waals surface area contributed by atoms with Crippen molar-refractivity contribution in [3.05, 3.63) is 0 Å². The minimum atomic E-state index is -2.33. The van der Waals surface area contributed by atoms with Crippen LogP contribution in [0.25, 0.3) is 0 Å². The summed E-state index contributed by atoms with van der Waals surface area (Å²) >= 11 is 0. The summed E-state index contributed by atoms with van der Waals surface area (Å²) in [5, 5.41) is 50.0. The molecule has 0 fully saturated rings. The summed E-state index contributed by atoms with van der Waals surface area (Å²) in [6, 6.07) is 0. The summed E-state index contributed by atoms with van der Waals surface area (Å²) in [5.41, 5.74) is 0. The first-order valence-corrected chi connectivity index (χ1v) is 1.84. The Bertz CT molecular complexity index is 123. The maximum atomic E-state index is 8.33. The van der Waals surface area contributed by atoms with Gasteiger partial charge in [-0.25, -0.2) is 0 Å². The second-order valence-electron chi connectivity index (χ2n) is 0.750. The average molecular weight is 806 g/mol. The zero-order valence-corrected chi connectivity index (χ0v) is 21.5. The molecule has 0 aliphatic carbocycles. The normalized spacial score (nSPS) is 3.60. The summed E-state index contributed by atoms with van der Waals surface area (Å²) in [6.45, 7) is 0. The number of hydrogen-bond acceptors (Lipinski definition) is 9. The minimum Gasteiger partial charge on any atom is -2.00 e. The van der Waals surface area contributed by atoms with Gasteiger partial charge in [-0.3, -0.25) is 0 Å². The van der Waals surface area contributed by atoms with Crippen LogP contribution in [0.4, 0.5) is 14.4 Å². The van der Waals surface area contributed by atoms with Gasteiger partial charge >= 0.3 is 167 Å². The van der Waals surface area contributed by atoms with Gasteiger partial charge in [0.15, 0.2) is 0 Å². The van der Waals surface area contributed by atoms with Crippen molar-refractivity contribution in [2.24, 2.45) is 0 Å². The standard InChI is InChI=1S/3CH2O3.4Ce.H2O.3O/c3*2-1(3)4;;;;;;;;/h3*(H2,2,3,4);;;;;1H2;;;/q;;;4*+3;;3*-2/p-6. The molecule has 13 nitrogen and oxygen atoms in total. The molecule has 0 heterocycles. The van der Waals surface area contributed by atoms with Crippen LogP contribution in [-0.2, 0) is 16.4 Å². The third kappa shape index (κ3) is 863. The zero-order chi connectivity index (χ0) is 10.7. The molecule has 108 valence electrons. The fourth-order valence-electron chi connectivity index (χ4n) is 0. The molecule has 0 aromatic carbocycles. The van der Waals surface area contributed by atoms with E-state index in [0.717, 1.165) is 0 Å². The van der Waals surface area contributed by atoms with Crippen LogP contribution in [0, 0.1) is 167 Å². The van der Waals surface area contributed by atoms with E-state index in [1.807, 2.05) is 0 Å². The second kappa shape index (κ2) is 67.1. The van der Waals surface area contributed by atoms with Crippen LogP contribution >= 0.6 is 0 Å². The van der Waals surface area contributed by atoms with Gasteiger partial charge in [0.25, 0.3) is 0 Å². The SMILES string of the molecule is O.O=C([O-])[O-].O=C([O-])[O-].O=C([O-])[O-].[Ce+3].[Ce+3].[Ce+3].[Ce+3].[O-2].[O-2].[O-2]. The smallest absolute Gasteiger partial charge is 2.00 e. The van der Waals surface area contributed by atoms with Gasteiger partial charge in [0.1, 0.15) is 0 Å². The Balaban J connectivity index is -0.00000000562. The van der Waals surface area contributed by atoms with E-state index in [-0.39, 0.29) is 189 Å². The zero-order valence-electron chi connectivity index (χ0n) is 8.90. The first kappa shape index (κ1) is 76.9. The predicted molar refractivity (Wildman–Crippen MR) is 21.9 cm³/mol. The summed E-state index contributed by atoms with van der Waals surface area (Å²) in [5.74, 6) is 0. The van der Waals surface area contributed by atoms with Gasteiger partial charge in [0.05, 0.1) is 0 Å². The molecular formula is C3H2Ce4O13. The van der Waals surface area contributed by atoms with Crippen LogP contribution in [0.15, 0.2) is 0 Å². The Morgan fingerprint density at radius 3 is 0.450 bits per heavy atom. The monoisotopic (exact) mass is 806 g/mol. The Kier molecular flexibility index (Phi) is 258. The minimum absolute atomic E-state index is 0. The van der Waals surface area contributed by atoms with Gasteiger partial charge in [-0.05, 0) is 18.5 Å². The van der Waals surface area contributed by atoms with E-state index in [1.54, 1.807) is 0 Å². The number of carbonyl (C=O) groups is 3. The molecule has 0 aromatic rings. The summed E-state index contributed by atoms with van der Waals surface area (Å²) < 4.78 is 0. The van der Waals surface area contributed by atoms with E-state index in [9.17, 15) is 0 Å². The van der Waals surface area contributed by atoms with Crippen molar-refractivity contribution in [3.63, 3.8) is 0 Å². The fourth-order valence-corrected chi connectivity index (χ4v) is 0. The summed E-state index contributed by atoms with van der Waals surface area (Å²) in [7, 11) is 0. The molecule has 4 radical (unpaired) electrons. The van der Waals surface area contributed by atoms with Gasteiger partial charge in [-0.2, -0.15) is 0 Å². The molecule has 0 rings (SSSR count). The van der Waals surface area contributed by atoms with Gasteiger partial charge < -0.3 is 66.9 Å². The van der Waals surface area contributed by atoms with E-state index in [0.29, 0.717) is 0 Å². The largest absolute Gasteiger partial charge is 3.00 e. The van der Waals surface area contributed by atoms with Crippen molar-refractivity contribution in [2.45, 2.75) is 0 Å². The Morgan fingerprint density at radius 1 is 0.450 bits per heavy atom. The topological polar surface area (TPSA) is 307 Å². The molecule has 0 saturated carbocycles. The summed E-state index contributed by atoms with van der Waals surface area (Å²) in [6.07, 6.45) is -7.00. The van der Waals surface area contributed by atoms with E-state index in [4.69, 9.17) is 45.0 Å². The van der Waals surface area contributed by atoms with Gasteiger partial charge in [0.2, 0.25) is 0 Å². The molecule has 0 bridgehead atoms. The molecule has 0 aliphatic heterocycles. The quantitative estimate of drug-likeness (QED) is 0.224. The molecule has 0 saturated heterocycles. The molecule has 0 spiro atoms. The number of rotatable bonds is 0. The molecule has 0 unspecified atom stereocenters. The van der Waals surface area contributed by atoms with Crippen molar-refractivity contribution in [3.8, 4) is 0 Å². The van der Waals surface area contributed by atoms with Crippen LogP contribution in [0.5, 0.6) is 0 Å². The molecule has 0 aliphatic rings. The molecule has 0 aromatic heterocycles. The van der Waals surface area contributed by atoms with Crippen molar-refractivity contribution < 1.29 is 234 Å². The number of carbonyl (C=O) groups excluding carboxylic acids is 3. The van der Waals surface area contributed by atoms with E-state index in [1.165, 1.54) is 0 Å². The van der Waals surface area contributed by atoms with Crippen LogP contribution in [0.3, 0.4) is 0 Å². The number of hydrogen-bond donors (Lipinski definition) is 0. The van der Waals surface area contributed by atoms with E-state index >= 15 is 0 Å². The maximum absolute atomic E-state index is 8.33. The molecule has 2 N–H and O–H groups in total. The van der Waals surface area contributed by atoms with Gasteiger partial charge in [0, 0.05) is 0 Å². The third-order valence-corrected chi connectivity index (χ3v) is 0. The van der Waals surface area contributed by atoms with Gasteiger partial charge in [-0.1, -0.05) is 0 Å². The average Bonchev–Trinajstić information content (AvgIpc) is 1.54. The van der Waals surface area contributed by atoms with Crippen molar-refractivity contribution in [1.29, 1.82) is 0 Å². The molecule has 17 heteroatoms. The molecular weight excluding hydrogens is 804 g/mol. The van der Waals surface area contributed by atoms with Crippen LogP contribution < -0.4 is 30.6 Å². The first-order chi connectivity index (χ1) is 5.20. The first-order valence-electron chi connectivity index (χ1n) is 1.84. The molecule has 0 atom stereocenters. The van der Waals surface area contributed by atoms with E-state index < -0.39 is 18.5 Å². The van der Waals surface area contributed by atoms with Crippen molar-refractivity contribution in [2.75, 3.05) is 0 Å². The maximum Gasteiger partial charge on any atom is 3.00 e. The van der Waals surface area contributed by atoms with Crippen LogP contribution in [-0.4, -0.2) is 23.9 Å². The number of carboxylic acid groups (broad SMARTS) is 6. The van der Waals surface area contributed by atoms with Gasteiger partial charge in [-0.15, -0.1) is 0 Å².